The number of hydrogen-bond donors (Lipinski definition) is 1. The molecule has 0 saturated carbocycles. The van der Waals surface area contributed by atoms with E-state index in [1.54, 1.807) is 54.6 Å². The van der Waals surface area contributed by atoms with Gasteiger partial charge in [-0.1, -0.05) is 42.5 Å². The van der Waals surface area contributed by atoms with Gasteiger partial charge in [-0.05, 0) is 47.5 Å². The Balaban J connectivity index is 1.35. The minimum atomic E-state index is -0.507. The van der Waals surface area contributed by atoms with Crippen molar-refractivity contribution in [2.75, 3.05) is 13.1 Å². The van der Waals surface area contributed by atoms with Crippen molar-refractivity contribution in [2.45, 2.75) is 0 Å². The molecular formula is C25H18N4O4S2. The van der Waals surface area contributed by atoms with Crippen LogP contribution < -0.4 is 10.9 Å². The highest BCUT2D eigenvalue weighted by molar-refractivity contribution is 8.18. The van der Waals surface area contributed by atoms with Crippen LogP contribution in [0.1, 0.15) is 15.4 Å². The van der Waals surface area contributed by atoms with Gasteiger partial charge in [-0.15, -0.1) is 11.3 Å². The molecule has 35 heavy (non-hydrogen) atoms. The van der Waals surface area contributed by atoms with Gasteiger partial charge in [0.2, 0.25) is 0 Å². The van der Waals surface area contributed by atoms with Gasteiger partial charge in [-0.25, -0.2) is 0 Å². The Morgan fingerprint density at radius 3 is 2.43 bits per heavy atom. The molecule has 1 fully saturated rings. The minimum absolute atomic E-state index is 0.0223. The van der Waals surface area contributed by atoms with E-state index in [0.717, 1.165) is 21.5 Å². The Morgan fingerprint density at radius 2 is 1.69 bits per heavy atom. The highest BCUT2D eigenvalue weighted by atomic mass is 32.2. The SMILES string of the molecule is O=C(NCCN1C(=O)S/C(=C/c2cccs2)C1=O)c1nn(-c2ccccc2)c(=O)c2ccccc12. The number of hydrogen-bond acceptors (Lipinski definition) is 7. The van der Waals surface area contributed by atoms with Gasteiger partial charge in [0, 0.05) is 23.4 Å². The normalized spacial score (nSPS) is 14.7. The van der Waals surface area contributed by atoms with E-state index in [0.29, 0.717) is 21.4 Å². The maximum atomic E-state index is 13.1. The lowest BCUT2D eigenvalue weighted by molar-refractivity contribution is -0.122. The van der Waals surface area contributed by atoms with Crippen molar-refractivity contribution < 1.29 is 14.4 Å². The Labute approximate surface area is 207 Å². The third-order valence-corrected chi connectivity index (χ3v) is 7.06. The van der Waals surface area contributed by atoms with Crippen LogP contribution in [-0.4, -0.2) is 44.8 Å². The molecule has 1 aliphatic heterocycles. The van der Waals surface area contributed by atoms with E-state index in [-0.39, 0.29) is 35.5 Å². The molecule has 0 atom stereocenters. The monoisotopic (exact) mass is 502 g/mol. The van der Waals surface area contributed by atoms with Crippen molar-refractivity contribution in [3.8, 4) is 5.69 Å². The number of rotatable bonds is 6. The second-order valence-corrected chi connectivity index (χ2v) is 9.52. The van der Waals surface area contributed by atoms with Crippen LogP contribution in [-0.2, 0) is 4.79 Å². The maximum Gasteiger partial charge on any atom is 0.293 e. The van der Waals surface area contributed by atoms with Crippen LogP contribution in [0.5, 0.6) is 0 Å². The van der Waals surface area contributed by atoms with Crippen molar-refractivity contribution in [3.63, 3.8) is 0 Å². The first-order valence-electron chi connectivity index (χ1n) is 10.7. The highest BCUT2D eigenvalue weighted by Crippen LogP contribution is 2.32. The first-order chi connectivity index (χ1) is 17.0. The van der Waals surface area contributed by atoms with Gasteiger partial charge < -0.3 is 5.32 Å². The molecule has 4 aromatic rings. The first kappa shape index (κ1) is 22.8. The predicted molar refractivity (Wildman–Crippen MR) is 137 cm³/mol. The van der Waals surface area contributed by atoms with Gasteiger partial charge in [0.05, 0.1) is 16.0 Å². The molecule has 1 aliphatic rings. The third-order valence-electron chi connectivity index (χ3n) is 5.33. The zero-order valence-electron chi connectivity index (χ0n) is 18.2. The predicted octanol–water partition coefficient (Wildman–Crippen LogP) is 3.91. The molecule has 1 saturated heterocycles. The Kier molecular flexibility index (Phi) is 6.30. The lowest BCUT2D eigenvalue weighted by Gasteiger charge is -2.14. The number of nitrogens with one attached hydrogen (secondary N) is 1. The quantitative estimate of drug-likeness (QED) is 0.401. The lowest BCUT2D eigenvalue weighted by Crippen LogP contribution is -2.38. The van der Waals surface area contributed by atoms with E-state index in [2.05, 4.69) is 10.4 Å². The van der Waals surface area contributed by atoms with Crippen LogP contribution in [0.25, 0.3) is 22.5 Å². The summed E-state index contributed by atoms with van der Waals surface area (Å²) in [4.78, 5) is 53.4. The summed E-state index contributed by atoms with van der Waals surface area (Å²) in [7, 11) is 0. The van der Waals surface area contributed by atoms with Crippen LogP contribution in [0.3, 0.4) is 0 Å². The number of imide groups is 1. The summed E-state index contributed by atoms with van der Waals surface area (Å²) in [5, 5.41) is 9.36. The number of para-hydroxylation sites is 1. The van der Waals surface area contributed by atoms with Crippen LogP contribution in [0.15, 0.2) is 81.8 Å². The van der Waals surface area contributed by atoms with Crippen molar-refractivity contribution in [1.82, 2.24) is 20.0 Å². The Morgan fingerprint density at radius 1 is 0.943 bits per heavy atom. The molecule has 0 radical (unpaired) electrons. The van der Waals surface area contributed by atoms with Gasteiger partial charge in [-0.2, -0.15) is 9.78 Å². The van der Waals surface area contributed by atoms with Crippen molar-refractivity contribution in [2.24, 2.45) is 0 Å². The maximum absolute atomic E-state index is 13.1. The van der Waals surface area contributed by atoms with E-state index in [1.807, 2.05) is 23.6 Å². The van der Waals surface area contributed by atoms with Crippen molar-refractivity contribution in [1.29, 1.82) is 0 Å². The zero-order valence-corrected chi connectivity index (χ0v) is 19.8. The molecule has 0 spiro atoms. The number of carbonyl (C=O) groups is 3. The molecule has 0 aliphatic carbocycles. The second-order valence-electron chi connectivity index (χ2n) is 7.55. The molecule has 1 N–H and O–H groups in total. The summed E-state index contributed by atoms with van der Waals surface area (Å²) < 4.78 is 1.20. The van der Waals surface area contributed by atoms with Crippen molar-refractivity contribution >= 4 is 57.0 Å². The molecule has 0 unspecified atom stereocenters. The average Bonchev–Trinajstić information content (AvgIpc) is 3.48. The van der Waals surface area contributed by atoms with E-state index in [1.165, 1.54) is 16.0 Å². The molecule has 0 bridgehead atoms. The number of thioether (sulfide) groups is 1. The van der Waals surface area contributed by atoms with Crippen LogP contribution in [0, 0.1) is 0 Å². The number of amides is 3. The largest absolute Gasteiger partial charge is 0.349 e. The number of benzene rings is 2. The number of thiophene rings is 1. The zero-order chi connectivity index (χ0) is 24.4. The standard InChI is InChI=1S/C25H18N4O4S2/c30-22(26-12-13-28-24(32)20(35-25(28)33)15-17-9-6-14-34-17)21-18-10-4-5-11-19(18)23(31)29(27-21)16-7-2-1-3-8-16/h1-11,14-15H,12-13H2,(H,26,30)/b20-15+. The Hall–Kier alpha value is -4.02. The topological polar surface area (TPSA) is 101 Å². The van der Waals surface area contributed by atoms with E-state index in [9.17, 15) is 19.2 Å². The summed E-state index contributed by atoms with van der Waals surface area (Å²) >= 11 is 2.36. The number of aromatic nitrogens is 2. The fourth-order valence-electron chi connectivity index (χ4n) is 3.66. The minimum Gasteiger partial charge on any atom is -0.349 e. The van der Waals surface area contributed by atoms with E-state index in [4.69, 9.17) is 0 Å². The highest BCUT2D eigenvalue weighted by Gasteiger charge is 2.34. The Bertz CT molecular complexity index is 1530. The van der Waals surface area contributed by atoms with Crippen LogP contribution in [0.4, 0.5) is 4.79 Å². The summed E-state index contributed by atoms with van der Waals surface area (Å²) in [5.74, 6) is -0.893. The molecule has 174 valence electrons. The van der Waals surface area contributed by atoms with Gasteiger partial charge in [0.1, 0.15) is 0 Å². The molecule has 3 heterocycles. The molecule has 5 rings (SSSR count). The van der Waals surface area contributed by atoms with Gasteiger partial charge in [0.15, 0.2) is 5.69 Å². The molecule has 2 aromatic heterocycles. The van der Waals surface area contributed by atoms with Gasteiger partial charge in [-0.3, -0.25) is 24.1 Å². The van der Waals surface area contributed by atoms with Crippen LogP contribution in [0.2, 0.25) is 0 Å². The van der Waals surface area contributed by atoms with E-state index >= 15 is 0 Å². The molecule has 8 nitrogen and oxygen atoms in total. The van der Waals surface area contributed by atoms with Gasteiger partial charge in [0.25, 0.3) is 22.6 Å². The number of fused-ring (bicyclic) bond motifs is 1. The molecule has 10 heteroatoms. The van der Waals surface area contributed by atoms with Crippen molar-refractivity contribution in [3.05, 3.63) is 97.9 Å². The average molecular weight is 503 g/mol. The fourth-order valence-corrected chi connectivity index (χ4v) is 5.25. The fraction of sp³-hybridized carbons (Fsp3) is 0.0800. The molecule has 3 amide bonds. The van der Waals surface area contributed by atoms with E-state index < -0.39 is 5.91 Å². The second kappa shape index (κ2) is 9.69. The van der Waals surface area contributed by atoms with Gasteiger partial charge >= 0.3 is 0 Å². The summed E-state index contributed by atoms with van der Waals surface area (Å²) in [6.07, 6.45) is 1.69. The summed E-state index contributed by atoms with van der Waals surface area (Å²) in [6, 6.07) is 19.3. The summed E-state index contributed by atoms with van der Waals surface area (Å²) in [5.41, 5.74) is 0.280. The third kappa shape index (κ3) is 4.53. The number of nitrogens with zero attached hydrogens (tertiary/aromatic N) is 3. The first-order valence-corrected chi connectivity index (χ1v) is 12.4. The van der Waals surface area contributed by atoms with Crippen LogP contribution >= 0.6 is 23.1 Å². The summed E-state index contributed by atoms with van der Waals surface area (Å²) in [6.45, 7) is 0.0675. The molecular weight excluding hydrogens is 484 g/mol. The molecule has 2 aromatic carbocycles. The number of carbonyl (C=O) groups excluding carboxylic acids is 3. The lowest BCUT2D eigenvalue weighted by atomic mass is 10.1. The smallest absolute Gasteiger partial charge is 0.293 e.